The molecule has 42 heavy (non-hydrogen) atoms. The van der Waals surface area contributed by atoms with E-state index in [1.807, 2.05) is 11.8 Å². The monoisotopic (exact) mass is 617 g/mol. The number of thioether (sulfide) groups is 1. The Labute approximate surface area is 249 Å². The maximum Gasteiger partial charge on any atom is 0.379 e. The fourth-order valence-electron chi connectivity index (χ4n) is 4.06. The highest BCUT2D eigenvalue weighted by Crippen LogP contribution is 2.42. The molecule has 16 heteroatoms. The lowest BCUT2D eigenvalue weighted by Crippen LogP contribution is -2.40. The zero-order chi connectivity index (χ0) is 30.1. The molecule has 3 heterocycles. The molecule has 0 saturated carbocycles. The Hall–Kier alpha value is -4.12. The summed E-state index contributed by atoms with van der Waals surface area (Å²) in [4.78, 5) is 32.6. The number of rotatable bonds is 12. The van der Waals surface area contributed by atoms with Crippen LogP contribution in [0.1, 0.15) is 10.6 Å². The zero-order valence-electron chi connectivity index (χ0n) is 22.9. The van der Waals surface area contributed by atoms with Crippen molar-refractivity contribution >= 4 is 45.1 Å². The van der Waals surface area contributed by atoms with Gasteiger partial charge in [-0.2, -0.15) is 11.8 Å². The highest BCUT2D eigenvalue weighted by molar-refractivity contribution is 7.99. The second-order valence-corrected chi connectivity index (χ2v) is 11.0. The predicted molar refractivity (Wildman–Crippen MR) is 161 cm³/mol. The van der Waals surface area contributed by atoms with Gasteiger partial charge in [0, 0.05) is 36.7 Å². The van der Waals surface area contributed by atoms with Gasteiger partial charge >= 0.3 is 5.63 Å². The molecule has 0 unspecified atom stereocenters. The first-order valence-electron chi connectivity index (χ1n) is 12.7. The van der Waals surface area contributed by atoms with E-state index in [0.717, 1.165) is 35.9 Å². The summed E-state index contributed by atoms with van der Waals surface area (Å²) >= 11 is 2.81. The van der Waals surface area contributed by atoms with Crippen molar-refractivity contribution in [3.8, 4) is 28.4 Å². The summed E-state index contributed by atoms with van der Waals surface area (Å²) in [6.07, 6.45) is 1.73. The third-order valence-electron chi connectivity index (χ3n) is 5.95. The molecular formula is C26H31N7O7S2. The Kier molecular flexibility index (Phi) is 10.8. The summed E-state index contributed by atoms with van der Waals surface area (Å²) in [7, 11) is 2.92. The smallest absolute Gasteiger partial charge is 0.379 e. The Balaban J connectivity index is 1.65. The fourth-order valence-corrected chi connectivity index (χ4v) is 5.67. The van der Waals surface area contributed by atoms with E-state index in [9.17, 15) is 14.7 Å². The molecule has 0 bridgehead atoms. The number of aromatic nitrogens is 2. The number of hydrogen-bond acceptors (Lipinski definition) is 14. The number of carbonyl (C=O) groups excluding carboxylic acids is 1. The third kappa shape index (κ3) is 7.79. The standard InChI is InChI=1S/C26H31N7O7S2/c1-37-17-4-3-5-18(38-2)21(17)16-12-19(23(35)30-26-32-31-25(42-26)29-20(28)6-7-27)40-24(36)22(16)39-14-15(34)13-33-8-10-41-11-9-33/h3-7,12,15,34H,8-11,13-14,27H2,1-2H3,(H2,28,29,31)(H,30,32,35)/b7-6-/t15-/m1/s1. The summed E-state index contributed by atoms with van der Waals surface area (Å²) in [5.74, 6) is 1.47. The van der Waals surface area contributed by atoms with E-state index in [4.69, 9.17) is 30.1 Å². The van der Waals surface area contributed by atoms with Crippen molar-refractivity contribution in [2.24, 2.45) is 16.5 Å². The Morgan fingerprint density at radius 1 is 1.26 bits per heavy atom. The predicted octanol–water partition coefficient (Wildman–Crippen LogP) is 1.68. The van der Waals surface area contributed by atoms with Gasteiger partial charge in [0.1, 0.15) is 30.0 Å². The maximum absolute atomic E-state index is 13.3. The van der Waals surface area contributed by atoms with Crippen LogP contribution in [0, 0.1) is 0 Å². The minimum Gasteiger partial charge on any atom is -0.496 e. The molecule has 0 radical (unpaired) electrons. The average Bonchev–Trinajstić information content (AvgIpc) is 3.42. The van der Waals surface area contributed by atoms with Crippen LogP contribution >= 0.6 is 23.1 Å². The number of benzene rings is 1. The van der Waals surface area contributed by atoms with E-state index < -0.39 is 17.6 Å². The number of aliphatic hydroxyl groups excluding tert-OH is 1. The number of aliphatic hydroxyl groups is 1. The molecule has 3 aromatic rings. The first-order valence-corrected chi connectivity index (χ1v) is 14.7. The number of aliphatic imine (C=N–C) groups is 1. The summed E-state index contributed by atoms with van der Waals surface area (Å²) in [5.41, 5.74) is 10.6. The number of anilines is 1. The van der Waals surface area contributed by atoms with Gasteiger partial charge in [0.15, 0.2) is 5.76 Å². The largest absolute Gasteiger partial charge is 0.496 e. The number of amidine groups is 1. The van der Waals surface area contributed by atoms with E-state index in [1.54, 1.807) is 18.2 Å². The lowest BCUT2D eigenvalue weighted by atomic mass is 10.0. The molecule has 224 valence electrons. The van der Waals surface area contributed by atoms with Crippen LogP contribution in [0.3, 0.4) is 0 Å². The molecule has 1 aliphatic heterocycles. The van der Waals surface area contributed by atoms with Crippen LogP contribution < -0.4 is 36.6 Å². The fraction of sp³-hybridized carbons (Fsp3) is 0.346. The van der Waals surface area contributed by atoms with Crippen LogP contribution in [0.2, 0.25) is 0 Å². The second kappa shape index (κ2) is 14.7. The number of hydrogen-bond donors (Lipinski definition) is 4. The van der Waals surface area contributed by atoms with Crippen LogP contribution in [0.25, 0.3) is 11.1 Å². The van der Waals surface area contributed by atoms with E-state index in [0.29, 0.717) is 23.6 Å². The van der Waals surface area contributed by atoms with E-state index in [2.05, 4.69) is 25.4 Å². The molecule has 0 spiro atoms. The maximum atomic E-state index is 13.3. The molecule has 1 saturated heterocycles. The van der Waals surface area contributed by atoms with E-state index >= 15 is 0 Å². The second-order valence-electron chi connectivity index (χ2n) is 8.80. The minimum absolute atomic E-state index is 0.0851. The minimum atomic E-state index is -0.934. The molecule has 1 fully saturated rings. The Bertz CT molecular complexity index is 1480. The summed E-state index contributed by atoms with van der Waals surface area (Å²) in [6, 6.07) is 6.40. The number of amides is 1. The van der Waals surface area contributed by atoms with Gasteiger partial charge in [0.25, 0.3) is 5.91 Å². The topological polar surface area (TPSA) is 201 Å². The van der Waals surface area contributed by atoms with Crippen LogP contribution in [0.5, 0.6) is 17.2 Å². The first kappa shape index (κ1) is 30.8. The normalized spacial score (nSPS) is 15.0. The highest BCUT2D eigenvalue weighted by atomic mass is 32.2. The number of carbonyl (C=O) groups is 1. The van der Waals surface area contributed by atoms with Gasteiger partial charge in [-0.05, 0) is 30.5 Å². The molecule has 14 nitrogen and oxygen atoms in total. The van der Waals surface area contributed by atoms with E-state index in [-0.39, 0.29) is 39.8 Å². The lowest BCUT2D eigenvalue weighted by Gasteiger charge is -2.28. The van der Waals surface area contributed by atoms with Crippen molar-refractivity contribution in [3.63, 3.8) is 0 Å². The molecule has 0 aliphatic carbocycles. The summed E-state index contributed by atoms with van der Waals surface area (Å²) in [6.45, 7) is 1.93. The Morgan fingerprint density at radius 3 is 2.64 bits per heavy atom. The van der Waals surface area contributed by atoms with Crippen molar-refractivity contribution in [3.05, 3.63) is 52.7 Å². The summed E-state index contributed by atoms with van der Waals surface area (Å²) < 4.78 is 22.3. The van der Waals surface area contributed by atoms with Gasteiger partial charge in [-0.25, -0.2) is 9.79 Å². The van der Waals surface area contributed by atoms with Crippen LogP contribution in [0.4, 0.5) is 10.3 Å². The number of nitrogens with one attached hydrogen (secondary N) is 1. The van der Waals surface area contributed by atoms with Crippen LogP contribution in [-0.4, -0.2) is 90.0 Å². The van der Waals surface area contributed by atoms with Crippen molar-refractivity contribution < 1.29 is 28.5 Å². The van der Waals surface area contributed by atoms with Gasteiger partial charge in [-0.3, -0.25) is 15.0 Å². The SMILES string of the molecule is COc1cccc(OC)c1-c1cc(C(=O)Nc2nnc(/N=C(N)/C=C\N)s2)oc(=O)c1OC[C@H](O)CN1CCSCC1. The van der Waals surface area contributed by atoms with Gasteiger partial charge in [-0.15, -0.1) is 10.2 Å². The van der Waals surface area contributed by atoms with Gasteiger partial charge in [0.2, 0.25) is 16.0 Å². The van der Waals surface area contributed by atoms with Gasteiger partial charge in [0.05, 0.1) is 19.8 Å². The van der Waals surface area contributed by atoms with Crippen molar-refractivity contribution in [1.29, 1.82) is 0 Å². The lowest BCUT2D eigenvalue weighted by molar-refractivity contribution is 0.0700. The average molecular weight is 618 g/mol. The number of ether oxygens (including phenoxy) is 3. The molecule has 1 amide bonds. The van der Waals surface area contributed by atoms with Gasteiger partial charge < -0.3 is 35.2 Å². The van der Waals surface area contributed by atoms with Crippen LogP contribution in [-0.2, 0) is 0 Å². The van der Waals surface area contributed by atoms with Crippen LogP contribution in [0.15, 0.2) is 50.7 Å². The van der Waals surface area contributed by atoms with Crippen molar-refractivity contribution in [2.45, 2.75) is 6.10 Å². The Morgan fingerprint density at radius 2 is 1.98 bits per heavy atom. The third-order valence-corrected chi connectivity index (χ3v) is 7.62. The highest BCUT2D eigenvalue weighted by Gasteiger charge is 2.25. The number of methoxy groups -OCH3 is 2. The molecule has 1 aliphatic rings. The molecule has 1 aromatic carbocycles. The first-order chi connectivity index (χ1) is 20.3. The number of β-amino-alcohol motifs (C(OH)–C–C–N with tert-alkyl or cyclic N) is 1. The molecule has 4 rings (SSSR count). The zero-order valence-corrected chi connectivity index (χ0v) is 24.6. The van der Waals surface area contributed by atoms with Crippen molar-refractivity contribution in [1.82, 2.24) is 15.1 Å². The van der Waals surface area contributed by atoms with Crippen molar-refractivity contribution in [2.75, 3.05) is 57.3 Å². The molecule has 1 atom stereocenters. The molecule has 2 aromatic heterocycles. The molecular weight excluding hydrogens is 586 g/mol. The number of nitrogens with zero attached hydrogens (tertiary/aromatic N) is 4. The van der Waals surface area contributed by atoms with Gasteiger partial charge in [-0.1, -0.05) is 17.4 Å². The quantitative estimate of drug-likeness (QED) is 0.169. The van der Waals surface area contributed by atoms with E-state index in [1.165, 1.54) is 32.6 Å². The molecule has 6 N–H and O–H groups in total. The number of nitrogens with two attached hydrogens (primary N) is 2. The summed E-state index contributed by atoms with van der Waals surface area (Å²) in [5, 5.41) is 21.2.